The number of hydrogen-bond acceptors (Lipinski definition) is 3. The zero-order valence-corrected chi connectivity index (χ0v) is 16.5. The number of aryl methyl sites for hydroxylation is 1. The highest BCUT2D eigenvalue weighted by Crippen LogP contribution is 2.33. The van der Waals surface area contributed by atoms with Crippen LogP contribution in [0.5, 0.6) is 0 Å². The van der Waals surface area contributed by atoms with Crippen molar-refractivity contribution >= 4 is 23.8 Å². The quantitative estimate of drug-likeness (QED) is 0.501. The van der Waals surface area contributed by atoms with Gasteiger partial charge in [-0.2, -0.15) is 0 Å². The van der Waals surface area contributed by atoms with Crippen LogP contribution in [0.2, 0.25) is 0 Å². The third-order valence-corrected chi connectivity index (χ3v) is 4.42. The Bertz CT molecular complexity index is 943. The van der Waals surface area contributed by atoms with Crippen LogP contribution >= 0.6 is 0 Å². The van der Waals surface area contributed by atoms with E-state index in [1.54, 1.807) is 6.08 Å². The van der Waals surface area contributed by atoms with Crippen molar-refractivity contribution in [2.75, 3.05) is 5.32 Å². The first kappa shape index (κ1) is 18.8. The van der Waals surface area contributed by atoms with Crippen LogP contribution in [0.25, 0.3) is 23.7 Å². The van der Waals surface area contributed by atoms with Gasteiger partial charge >= 0.3 is 0 Å². The minimum atomic E-state index is 0.506. The highest BCUT2D eigenvalue weighted by molar-refractivity contribution is 5.77. The number of aromatic nitrogens is 2. The van der Waals surface area contributed by atoms with E-state index in [2.05, 4.69) is 63.0 Å². The van der Waals surface area contributed by atoms with Gasteiger partial charge < -0.3 is 9.73 Å². The molecule has 0 radical (unpaired) electrons. The van der Waals surface area contributed by atoms with E-state index in [0.29, 0.717) is 5.92 Å². The number of nitrogens with one attached hydrogen (secondary N) is 1. The molecule has 0 aliphatic rings. The summed E-state index contributed by atoms with van der Waals surface area (Å²) < 4.78 is 7.86. The fraction of sp³-hybridized carbons (Fsp3) is 0.261. The molecule has 140 valence electrons. The van der Waals surface area contributed by atoms with Crippen LogP contribution in [0.3, 0.4) is 0 Å². The third kappa shape index (κ3) is 4.05. The minimum absolute atomic E-state index is 0.506. The molecule has 0 bridgehead atoms. The summed E-state index contributed by atoms with van der Waals surface area (Å²) >= 11 is 0. The lowest BCUT2D eigenvalue weighted by atomic mass is 10.0. The zero-order valence-electron chi connectivity index (χ0n) is 16.5. The van der Waals surface area contributed by atoms with Crippen LogP contribution in [0.1, 0.15) is 50.3 Å². The third-order valence-electron chi connectivity index (χ3n) is 4.42. The fourth-order valence-corrected chi connectivity index (χ4v) is 2.90. The molecule has 3 rings (SSSR count). The van der Waals surface area contributed by atoms with Gasteiger partial charge in [0.2, 0.25) is 0 Å². The Labute approximate surface area is 161 Å². The van der Waals surface area contributed by atoms with Gasteiger partial charge in [0, 0.05) is 11.9 Å². The number of imidazole rings is 1. The first-order chi connectivity index (χ1) is 13.0. The summed E-state index contributed by atoms with van der Waals surface area (Å²) in [6, 6.07) is 12.4. The average molecular weight is 361 g/mol. The van der Waals surface area contributed by atoms with E-state index in [1.807, 2.05) is 29.8 Å². The van der Waals surface area contributed by atoms with Gasteiger partial charge in [-0.3, -0.25) is 4.57 Å². The van der Waals surface area contributed by atoms with E-state index < -0.39 is 0 Å². The summed E-state index contributed by atoms with van der Waals surface area (Å²) in [5.74, 6) is 3.73. The maximum atomic E-state index is 5.84. The fourth-order valence-electron chi connectivity index (χ4n) is 2.90. The Morgan fingerprint density at radius 3 is 2.48 bits per heavy atom. The number of nitrogens with zero attached hydrogens (tertiary/aromatic N) is 2. The van der Waals surface area contributed by atoms with E-state index in [9.17, 15) is 0 Å². The van der Waals surface area contributed by atoms with Crippen molar-refractivity contribution in [2.45, 2.75) is 40.0 Å². The molecule has 2 aromatic heterocycles. The monoisotopic (exact) mass is 361 g/mol. The Morgan fingerprint density at radius 2 is 1.93 bits per heavy atom. The summed E-state index contributed by atoms with van der Waals surface area (Å²) in [4.78, 5) is 4.74. The molecule has 0 saturated carbocycles. The molecule has 0 aliphatic heterocycles. The van der Waals surface area contributed by atoms with Crippen molar-refractivity contribution in [3.8, 4) is 11.5 Å². The van der Waals surface area contributed by atoms with Crippen molar-refractivity contribution in [3.05, 3.63) is 66.2 Å². The normalized spacial score (nSPS) is 11.4. The molecule has 4 nitrogen and oxygen atoms in total. The van der Waals surface area contributed by atoms with Crippen LogP contribution < -0.4 is 5.32 Å². The van der Waals surface area contributed by atoms with Gasteiger partial charge in [-0.05, 0) is 55.2 Å². The zero-order chi connectivity index (χ0) is 19.4. The lowest BCUT2D eigenvalue weighted by molar-refractivity contribution is 0.547. The molecular weight excluding hydrogens is 334 g/mol. The van der Waals surface area contributed by atoms with Crippen molar-refractivity contribution in [3.63, 3.8) is 0 Å². The van der Waals surface area contributed by atoms with Gasteiger partial charge in [-0.1, -0.05) is 45.6 Å². The topological polar surface area (TPSA) is 43.0 Å². The lowest BCUT2D eigenvalue weighted by Crippen LogP contribution is -2.00. The molecule has 0 fully saturated rings. The summed E-state index contributed by atoms with van der Waals surface area (Å²) in [6.07, 6.45) is 6.81. The van der Waals surface area contributed by atoms with E-state index in [1.165, 1.54) is 5.56 Å². The Hall–Kier alpha value is -3.01. The number of furan rings is 1. The molecule has 0 unspecified atom stereocenters. The van der Waals surface area contributed by atoms with Crippen LogP contribution in [-0.4, -0.2) is 9.55 Å². The molecule has 0 saturated heterocycles. The second-order valence-electron chi connectivity index (χ2n) is 6.85. The van der Waals surface area contributed by atoms with Gasteiger partial charge in [0.05, 0.1) is 0 Å². The smallest absolute Gasteiger partial charge is 0.156 e. The lowest BCUT2D eigenvalue weighted by Gasteiger charge is -2.12. The number of anilines is 2. The minimum Gasteiger partial charge on any atom is -0.460 e. The van der Waals surface area contributed by atoms with Gasteiger partial charge in [-0.15, -0.1) is 0 Å². The highest BCUT2D eigenvalue weighted by Gasteiger charge is 2.19. The molecule has 0 amide bonds. The predicted octanol–water partition coefficient (Wildman–Crippen LogP) is 6.84. The van der Waals surface area contributed by atoms with Gasteiger partial charge in [0.15, 0.2) is 5.76 Å². The number of rotatable bonds is 7. The van der Waals surface area contributed by atoms with E-state index in [0.717, 1.165) is 41.0 Å². The molecule has 3 aromatic rings. The molecule has 0 spiro atoms. The van der Waals surface area contributed by atoms with Crippen molar-refractivity contribution in [1.82, 2.24) is 9.55 Å². The van der Waals surface area contributed by atoms with Gasteiger partial charge in [0.25, 0.3) is 0 Å². The standard InChI is InChI=1S/C23H27N3O/c1-6-8-15-26-21(7-2)25-22(20-14-9-17(5)27-20)23(26)24-19-12-10-18(11-13-19)16(3)4/h7-16,24H,2,6H2,1,3-5H3/b15-8-. The molecule has 1 aromatic carbocycles. The summed E-state index contributed by atoms with van der Waals surface area (Å²) in [5, 5.41) is 3.52. The van der Waals surface area contributed by atoms with Crippen molar-refractivity contribution in [2.24, 2.45) is 0 Å². The first-order valence-corrected chi connectivity index (χ1v) is 9.38. The second kappa shape index (κ2) is 8.12. The second-order valence-corrected chi connectivity index (χ2v) is 6.85. The highest BCUT2D eigenvalue weighted by atomic mass is 16.3. The summed E-state index contributed by atoms with van der Waals surface area (Å²) in [5.41, 5.74) is 3.09. The Morgan fingerprint density at radius 1 is 1.19 bits per heavy atom. The maximum absolute atomic E-state index is 5.84. The average Bonchev–Trinajstić information content (AvgIpc) is 3.24. The molecule has 0 atom stereocenters. The number of allylic oxidation sites excluding steroid dienone is 1. The van der Waals surface area contributed by atoms with Crippen LogP contribution in [-0.2, 0) is 0 Å². The molecule has 27 heavy (non-hydrogen) atoms. The molecule has 0 aliphatic carbocycles. The number of hydrogen-bond donors (Lipinski definition) is 1. The SMILES string of the molecule is C=Cc1nc(-c2ccc(C)o2)c(Nc2ccc(C(C)C)cc2)n1/C=C\CC. The maximum Gasteiger partial charge on any atom is 0.156 e. The Balaban J connectivity index is 2.08. The first-order valence-electron chi connectivity index (χ1n) is 9.38. The predicted molar refractivity (Wildman–Crippen MR) is 114 cm³/mol. The molecule has 1 N–H and O–H groups in total. The van der Waals surface area contributed by atoms with Crippen molar-refractivity contribution < 1.29 is 4.42 Å². The van der Waals surface area contributed by atoms with E-state index in [-0.39, 0.29) is 0 Å². The van der Waals surface area contributed by atoms with E-state index >= 15 is 0 Å². The van der Waals surface area contributed by atoms with Gasteiger partial charge in [0.1, 0.15) is 23.1 Å². The molecular formula is C23H27N3O. The summed E-state index contributed by atoms with van der Waals surface area (Å²) in [6.45, 7) is 12.3. The molecule has 4 heteroatoms. The van der Waals surface area contributed by atoms with Gasteiger partial charge in [-0.25, -0.2) is 4.98 Å². The Kier molecular flexibility index (Phi) is 5.65. The van der Waals surface area contributed by atoms with Crippen LogP contribution in [0.15, 0.2) is 53.5 Å². The number of benzene rings is 1. The summed E-state index contributed by atoms with van der Waals surface area (Å²) in [7, 11) is 0. The largest absolute Gasteiger partial charge is 0.460 e. The van der Waals surface area contributed by atoms with Crippen molar-refractivity contribution in [1.29, 1.82) is 0 Å². The van der Waals surface area contributed by atoms with E-state index in [4.69, 9.17) is 9.40 Å². The van der Waals surface area contributed by atoms with Crippen LogP contribution in [0, 0.1) is 6.92 Å². The van der Waals surface area contributed by atoms with Crippen LogP contribution in [0.4, 0.5) is 11.5 Å². The molecule has 2 heterocycles.